The number of likely N-dealkylation sites (tertiary alicyclic amines) is 1. The van der Waals surface area contributed by atoms with Crippen LogP contribution >= 0.6 is 0 Å². The van der Waals surface area contributed by atoms with E-state index in [9.17, 15) is 4.39 Å². The number of aromatic amines is 1. The van der Waals surface area contributed by atoms with Crippen LogP contribution in [0.2, 0.25) is 0 Å². The number of aromatic nitrogens is 3. The van der Waals surface area contributed by atoms with Gasteiger partial charge in [-0.25, -0.2) is 14.4 Å². The van der Waals surface area contributed by atoms with Gasteiger partial charge in [0.1, 0.15) is 11.6 Å². The van der Waals surface area contributed by atoms with Crippen LogP contribution in [-0.2, 0) is 11.3 Å². The molecule has 0 atom stereocenters. The third-order valence-electron chi connectivity index (χ3n) is 7.67. The van der Waals surface area contributed by atoms with Crippen molar-refractivity contribution in [2.75, 3.05) is 58.4 Å². The van der Waals surface area contributed by atoms with Crippen LogP contribution in [0.5, 0.6) is 0 Å². The first-order valence-corrected chi connectivity index (χ1v) is 12.8. The van der Waals surface area contributed by atoms with E-state index in [1.807, 2.05) is 12.3 Å². The number of halogens is 1. The number of hydrogen-bond acceptors (Lipinski definition) is 6. The normalized spacial score (nSPS) is 18.1. The van der Waals surface area contributed by atoms with Gasteiger partial charge in [0, 0.05) is 53.7 Å². The number of nitrogens with zero attached hydrogens (tertiary/aromatic N) is 5. The van der Waals surface area contributed by atoms with Gasteiger partial charge >= 0.3 is 0 Å². The molecule has 6 rings (SSSR count). The van der Waals surface area contributed by atoms with Gasteiger partial charge in [-0.1, -0.05) is 6.07 Å². The van der Waals surface area contributed by atoms with Crippen molar-refractivity contribution in [2.45, 2.75) is 25.4 Å². The summed E-state index contributed by atoms with van der Waals surface area (Å²) in [7, 11) is 4.43. The first kappa shape index (κ1) is 23.3. The Morgan fingerprint density at radius 1 is 1.03 bits per heavy atom. The van der Waals surface area contributed by atoms with Gasteiger partial charge in [-0.05, 0) is 75.9 Å². The lowest BCUT2D eigenvalue weighted by molar-refractivity contribution is 0.122. The minimum atomic E-state index is -0.302. The molecule has 7 nitrogen and oxygen atoms in total. The van der Waals surface area contributed by atoms with Gasteiger partial charge in [0.25, 0.3) is 0 Å². The Hall–Kier alpha value is -3.07. The van der Waals surface area contributed by atoms with Crippen molar-refractivity contribution in [1.29, 1.82) is 0 Å². The number of H-pyrrole nitrogens is 1. The highest BCUT2D eigenvalue weighted by Gasteiger charge is 2.22. The Bertz CT molecular complexity index is 1370. The van der Waals surface area contributed by atoms with Crippen LogP contribution in [0.15, 0.2) is 42.6 Å². The highest BCUT2D eigenvalue weighted by atomic mass is 19.1. The summed E-state index contributed by atoms with van der Waals surface area (Å²) in [5.41, 5.74) is 3.58. The zero-order valence-corrected chi connectivity index (χ0v) is 21.0. The van der Waals surface area contributed by atoms with Crippen molar-refractivity contribution >= 4 is 27.6 Å². The molecule has 2 fully saturated rings. The smallest absolute Gasteiger partial charge is 0.162 e. The van der Waals surface area contributed by atoms with Crippen LogP contribution in [0.1, 0.15) is 18.4 Å². The number of benzene rings is 2. The standard InChI is InChI=1S/C28H33FN6O/c1-33-9-6-21(7-10-33)34(2)18-19-3-4-25-24(15-19)28(35-11-13-36-14-12-35)32-27(31-25)23-16-20(29)17-26-22(23)5-8-30-26/h3-5,8,15-17,21,30H,6-7,9-14,18H2,1-2H3. The molecule has 0 saturated carbocycles. The number of piperidine rings is 1. The summed E-state index contributed by atoms with van der Waals surface area (Å²) in [4.78, 5) is 20.2. The SMILES string of the molecule is CN1CCC(N(C)Cc2ccc3nc(-c4cc(F)cc5[nH]ccc45)nc(N4CCOCC4)c3c2)CC1. The van der Waals surface area contributed by atoms with Crippen LogP contribution in [0.4, 0.5) is 10.2 Å². The van der Waals surface area contributed by atoms with E-state index in [0.717, 1.165) is 60.3 Å². The van der Waals surface area contributed by atoms with E-state index in [1.54, 1.807) is 0 Å². The molecule has 2 aliphatic rings. The topological polar surface area (TPSA) is 60.5 Å². The van der Waals surface area contributed by atoms with Gasteiger partial charge in [0.15, 0.2) is 5.82 Å². The predicted molar refractivity (Wildman–Crippen MR) is 142 cm³/mol. The lowest BCUT2D eigenvalue weighted by Crippen LogP contribution is -2.41. The van der Waals surface area contributed by atoms with Crippen LogP contribution in [0.25, 0.3) is 33.2 Å². The quantitative estimate of drug-likeness (QED) is 0.453. The molecule has 2 aliphatic heterocycles. The monoisotopic (exact) mass is 488 g/mol. The Balaban J connectivity index is 1.40. The summed E-state index contributed by atoms with van der Waals surface area (Å²) in [6.07, 6.45) is 4.23. The molecular formula is C28H33FN6O. The van der Waals surface area contributed by atoms with Crippen LogP contribution < -0.4 is 4.90 Å². The number of ether oxygens (including phenoxy) is 1. The fourth-order valence-corrected chi connectivity index (χ4v) is 5.56. The highest BCUT2D eigenvalue weighted by molar-refractivity contribution is 5.97. The maximum Gasteiger partial charge on any atom is 0.162 e. The average molecular weight is 489 g/mol. The second-order valence-electron chi connectivity index (χ2n) is 10.2. The zero-order chi connectivity index (χ0) is 24.6. The van der Waals surface area contributed by atoms with E-state index in [4.69, 9.17) is 14.7 Å². The van der Waals surface area contributed by atoms with Crippen molar-refractivity contribution in [2.24, 2.45) is 0 Å². The lowest BCUT2D eigenvalue weighted by atomic mass is 10.0. The van der Waals surface area contributed by atoms with Crippen molar-refractivity contribution in [3.63, 3.8) is 0 Å². The summed E-state index contributed by atoms with van der Waals surface area (Å²) in [5, 5.41) is 1.96. The molecule has 2 saturated heterocycles. The first-order valence-electron chi connectivity index (χ1n) is 12.8. The van der Waals surface area contributed by atoms with Crippen LogP contribution in [-0.4, -0.2) is 84.3 Å². The number of nitrogens with one attached hydrogen (secondary N) is 1. The third kappa shape index (κ3) is 4.56. The summed E-state index contributed by atoms with van der Waals surface area (Å²) in [6.45, 7) is 6.07. The fraction of sp³-hybridized carbons (Fsp3) is 0.429. The van der Waals surface area contributed by atoms with Gasteiger partial charge in [-0.3, -0.25) is 4.90 Å². The van der Waals surface area contributed by atoms with E-state index in [2.05, 4.69) is 52.0 Å². The molecule has 2 aromatic carbocycles. The molecule has 188 valence electrons. The molecule has 0 amide bonds. The fourth-order valence-electron chi connectivity index (χ4n) is 5.56. The molecule has 8 heteroatoms. The number of rotatable bonds is 5. The third-order valence-corrected chi connectivity index (χ3v) is 7.67. The molecule has 0 unspecified atom stereocenters. The van der Waals surface area contributed by atoms with Gasteiger partial charge in [-0.15, -0.1) is 0 Å². The molecule has 0 aliphatic carbocycles. The second kappa shape index (κ2) is 9.76. The Morgan fingerprint density at radius 3 is 2.64 bits per heavy atom. The minimum absolute atomic E-state index is 0.302. The molecule has 4 heterocycles. The van der Waals surface area contributed by atoms with Gasteiger partial charge in [0.05, 0.1) is 18.7 Å². The van der Waals surface area contributed by atoms with Gasteiger partial charge in [0.2, 0.25) is 0 Å². The summed E-state index contributed by atoms with van der Waals surface area (Å²) in [6, 6.07) is 12.1. The summed E-state index contributed by atoms with van der Waals surface area (Å²) in [5.74, 6) is 1.14. The lowest BCUT2D eigenvalue weighted by Gasteiger charge is -2.35. The summed E-state index contributed by atoms with van der Waals surface area (Å²) >= 11 is 0. The van der Waals surface area contributed by atoms with Crippen molar-refractivity contribution in [3.8, 4) is 11.4 Å². The van der Waals surface area contributed by atoms with Crippen LogP contribution in [0, 0.1) is 5.82 Å². The second-order valence-corrected chi connectivity index (χ2v) is 10.2. The van der Waals surface area contributed by atoms with Gasteiger partial charge in [-0.2, -0.15) is 0 Å². The number of fused-ring (bicyclic) bond motifs is 2. The molecule has 2 aromatic heterocycles. The summed E-state index contributed by atoms with van der Waals surface area (Å²) < 4.78 is 20.1. The van der Waals surface area contributed by atoms with Crippen LogP contribution in [0.3, 0.4) is 0 Å². The average Bonchev–Trinajstić information content (AvgIpc) is 3.37. The molecule has 1 N–H and O–H groups in total. The predicted octanol–water partition coefficient (Wildman–Crippen LogP) is 4.28. The van der Waals surface area contributed by atoms with E-state index in [1.165, 1.54) is 30.5 Å². The van der Waals surface area contributed by atoms with E-state index in [-0.39, 0.29) is 5.82 Å². The number of morpholine rings is 1. The highest BCUT2D eigenvalue weighted by Crippen LogP contribution is 2.33. The Kier molecular flexibility index (Phi) is 6.33. The molecule has 4 aromatic rings. The molecular weight excluding hydrogens is 455 g/mol. The zero-order valence-electron chi connectivity index (χ0n) is 21.0. The van der Waals surface area contributed by atoms with Gasteiger partial charge < -0.3 is 19.5 Å². The minimum Gasteiger partial charge on any atom is -0.378 e. The maximum atomic E-state index is 14.5. The molecule has 0 radical (unpaired) electrons. The number of hydrogen-bond donors (Lipinski definition) is 1. The van der Waals surface area contributed by atoms with Crippen molar-refractivity contribution in [1.82, 2.24) is 24.8 Å². The maximum absolute atomic E-state index is 14.5. The van der Waals surface area contributed by atoms with E-state index in [0.29, 0.717) is 30.6 Å². The Morgan fingerprint density at radius 2 is 1.83 bits per heavy atom. The number of anilines is 1. The van der Waals surface area contributed by atoms with E-state index >= 15 is 0 Å². The molecule has 36 heavy (non-hydrogen) atoms. The van der Waals surface area contributed by atoms with E-state index < -0.39 is 0 Å². The Labute approximate surface area is 210 Å². The van der Waals surface area contributed by atoms with Crippen molar-refractivity contribution < 1.29 is 9.13 Å². The molecule has 0 bridgehead atoms. The molecule has 0 spiro atoms. The van der Waals surface area contributed by atoms with Crippen molar-refractivity contribution in [3.05, 3.63) is 54.0 Å². The first-order chi connectivity index (χ1) is 17.5. The largest absolute Gasteiger partial charge is 0.378 e.